The summed E-state index contributed by atoms with van der Waals surface area (Å²) < 4.78 is 27.9. The largest absolute Gasteiger partial charge is 0.315 e. The van der Waals surface area contributed by atoms with Crippen LogP contribution in [0.3, 0.4) is 0 Å². The summed E-state index contributed by atoms with van der Waals surface area (Å²) in [5.74, 6) is 0. The average molecular weight is 319 g/mol. The van der Waals surface area contributed by atoms with E-state index in [1.807, 2.05) is 6.07 Å². The lowest BCUT2D eigenvalue weighted by Crippen LogP contribution is -2.36. The minimum Gasteiger partial charge on any atom is -0.315 e. The quantitative estimate of drug-likeness (QED) is 0.885. The van der Waals surface area contributed by atoms with Gasteiger partial charge in [-0.3, -0.25) is 0 Å². The van der Waals surface area contributed by atoms with E-state index in [9.17, 15) is 8.42 Å². The number of halogens is 1. The highest BCUT2D eigenvalue weighted by atomic mass is 79.9. The van der Waals surface area contributed by atoms with Crippen molar-refractivity contribution in [1.82, 2.24) is 10.0 Å². The predicted octanol–water partition coefficient (Wildman–Crippen LogP) is 1.40. The molecular weight excluding hydrogens is 304 g/mol. The Labute approximate surface area is 110 Å². The van der Waals surface area contributed by atoms with Crippen molar-refractivity contribution in [3.05, 3.63) is 28.2 Å². The van der Waals surface area contributed by atoms with Crippen LogP contribution in [0.15, 0.2) is 27.6 Å². The Balaban J connectivity index is 2.24. The van der Waals surface area contributed by atoms with E-state index in [0.29, 0.717) is 11.4 Å². The normalized spacial score (nSPS) is 20.7. The maximum atomic E-state index is 12.2. The van der Waals surface area contributed by atoms with Crippen molar-refractivity contribution in [3.63, 3.8) is 0 Å². The van der Waals surface area contributed by atoms with Crippen LogP contribution in [0, 0.1) is 6.92 Å². The molecule has 0 bridgehead atoms. The summed E-state index contributed by atoms with van der Waals surface area (Å²) in [6, 6.07) is 5.18. The number of sulfonamides is 1. The molecule has 1 fully saturated rings. The molecule has 1 saturated heterocycles. The van der Waals surface area contributed by atoms with Gasteiger partial charge in [-0.05, 0) is 43.7 Å². The zero-order valence-electron chi connectivity index (χ0n) is 9.53. The molecule has 0 spiro atoms. The predicted molar refractivity (Wildman–Crippen MR) is 70.5 cm³/mol. The monoisotopic (exact) mass is 318 g/mol. The summed E-state index contributed by atoms with van der Waals surface area (Å²) in [5, 5.41) is 3.14. The molecule has 1 aliphatic heterocycles. The molecular formula is C11H15BrN2O2S. The minimum absolute atomic E-state index is 0.00282. The van der Waals surface area contributed by atoms with Crippen molar-refractivity contribution in [2.45, 2.75) is 24.3 Å². The summed E-state index contributed by atoms with van der Waals surface area (Å²) in [6.07, 6.45) is 0.842. The van der Waals surface area contributed by atoms with Crippen molar-refractivity contribution in [3.8, 4) is 0 Å². The van der Waals surface area contributed by atoms with Gasteiger partial charge >= 0.3 is 0 Å². The Morgan fingerprint density at radius 3 is 2.82 bits per heavy atom. The third kappa shape index (κ3) is 3.07. The first-order valence-corrected chi connectivity index (χ1v) is 7.76. The smallest absolute Gasteiger partial charge is 0.241 e. The van der Waals surface area contributed by atoms with Gasteiger partial charge in [-0.25, -0.2) is 13.1 Å². The van der Waals surface area contributed by atoms with Gasteiger partial charge in [0.05, 0.1) is 4.90 Å². The van der Waals surface area contributed by atoms with Crippen LogP contribution in [0.5, 0.6) is 0 Å². The van der Waals surface area contributed by atoms with Crippen LogP contribution >= 0.6 is 15.9 Å². The molecule has 0 radical (unpaired) electrons. The van der Waals surface area contributed by atoms with E-state index in [1.54, 1.807) is 19.1 Å². The van der Waals surface area contributed by atoms with Gasteiger partial charge in [-0.15, -0.1) is 0 Å². The molecule has 0 aliphatic carbocycles. The lowest BCUT2D eigenvalue weighted by molar-refractivity contribution is 0.559. The molecule has 2 rings (SSSR count). The SMILES string of the molecule is Cc1cc(Br)ccc1S(=O)(=O)NC1CCNC1. The van der Waals surface area contributed by atoms with Crippen molar-refractivity contribution in [2.75, 3.05) is 13.1 Å². The molecule has 2 N–H and O–H groups in total. The Bertz CT molecular complexity index is 510. The number of rotatable bonds is 3. The second-order valence-electron chi connectivity index (χ2n) is 4.22. The topological polar surface area (TPSA) is 58.2 Å². The van der Waals surface area contributed by atoms with E-state index in [-0.39, 0.29) is 6.04 Å². The molecule has 1 heterocycles. The molecule has 94 valence electrons. The fourth-order valence-corrected chi connectivity index (χ4v) is 3.92. The van der Waals surface area contributed by atoms with Crippen LogP contribution < -0.4 is 10.0 Å². The Hall–Kier alpha value is -0.430. The van der Waals surface area contributed by atoms with Crippen molar-refractivity contribution >= 4 is 26.0 Å². The van der Waals surface area contributed by atoms with Gasteiger partial charge in [0.25, 0.3) is 0 Å². The van der Waals surface area contributed by atoms with Crippen molar-refractivity contribution in [1.29, 1.82) is 0 Å². The van der Waals surface area contributed by atoms with E-state index in [4.69, 9.17) is 0 Å². The first-order chi connectivity index (χ1) is 7.99. The Morgan fingerprint density at radius 2 is 2.24 bits per heavy atom. The lowest BCUT2D eigenvalue weighted by Gasteiger charge is -2.13. The van der Waals surface area contributed by atoms with Crippen molar-refractivity contribution in [2.24, 2.45) is 0 Å². The molecule has 0 saturated carbocycles. The third-order valence-corrected chi connectivity index (χ3v) is 4.98. The molecule has 0 aromatic heterocycles. The standard InChI is InChI=1S/C11H15BrN2O2S/c1-8-6-9(12)2-3-11(8)17(15,16)14-10-4-5-13-7-10/h2-3,6,10,13-14H,4-5,7H2,1H3. The second kappa shape index (κ2) is 5.06. The number of benzene rings is 1. The van der Waals surface area contributed by atoms with Crippen LogP contribution in [0.1, 0.15) is 12.0 Å². The summed E-state index contributed by atoms with van der Waals surface area (Å²) in [7, 11) is -3.40. The first-order valence-electron chi connectivity index (χ1n) is 5.48. The Kier molecular flexibility index (Phi) is 3.87. The summed E-state index contributed by atoms with van der Waals surface area (Å²) in [6.45, 7) is 3.37. The highest BCUT2D eigenvalue weighted by Crippen LogP contribution is 2.20. The highest BCUT2D eigenvalue weighted by Gasteiger charge is 2.23. The summed E-state index contributed by atoms with van der Waals surface area (Å²) in [4.78, 5) is 0.354. The molecule has 4 nitrogen and oxygen atoms in total. The fraction of sp³-hybridized carbons (Fsp3) is 0.455. The third-order valence-electron chi connectivity index (χ3n) is 2.81. The lowest BCUT2D eigenvalue weighted by atomic mass is 10.2. The maximum Gasteiger partial charge on any atom is 0.241 e. The molecule has 1 atom stereocenters. The van der Waals surface area contributed by atoms with Crippen LogP contribution in [-0.4, -0.2) is 27.5 Å². The van der Waals surface area contributed by atoms with E-state index in [0.717, 1.165) is 23.0 Å². The average Bonchev–Trinajstić information content (AvgIpc) is 2.68. The number of nitrogens with one attached hydrogen (secondary N) is 2. The van der Waals surface area contributed by atoms with E-state index < -0.39 is 10.0 Å². The van der Waals surface area contributed by atoms with Gasteiger partial charge in [0.15, 0.2) is 0 Å². The highest BCUT2D eigenvalue weighted by molar-refractivity contribution is 9.10. The van der Waals surface area contributed by atoms with E-state index >= 15 is 0 Å². The van der Waals surface area contributed by atoms with Gasteiger partial charge in [0.1, 0.15) is 0 Å². The summed E-state index contributed by atoms with van der Waals surface area (Å²) >= 11 is 3.33. The Morgan fingerprint density at radius 1 is 1.47 bits per heavy atom. The number of hydrogen-bond acceptors (Lipinski definition) is 3. The van der Waals surface area contributed by atoms with Gasteiger partial charge in [0, 0.05) is 17.1 Å². The van der Waals surface area contributed by atoms with Crippen LogP contribution in [0.4, 0.5) is 0 Å². The zero-order valence-corrected chi connectivity index (χ0v) is 11.9. The number of aryl methyl sites for hydroxylation is 1. The molecule has 6 heteroatoms. The van der Waals surface area contributed by atoms with Gasteiger partial charge < -0.3 is 5.32 Å². The van der Waals surface area contributed by atoms with E-state index in [2.05, 4.69) is 26.0 Å². The van der Waals surface area contributed by atoms with Crippen LogP contribution in [-0.2, 0) is 10.0 Å². The summed E-state index contributed by atoms with van der Waals surface area (Å²) in [5.41, 5.74) is 0.748. The molecule has 1 aliphatic rings. The zero-order chi connectivity index (χ0) is 12.5. The van der Waals surface area contributed by atoms with Gasteiger partial charge in [-0.2, -0.15) is 0 Å². The first kappa shape index (κ1) is 13.0. The molecule has 1 aromatic rings. The number of hydrogen-bond donors (Lipinski definition) is 2. The fourth-order valence-electron chi connectivity index (χ4n) is 1.95. The molecule has 17 heavy (non-hydrogen) atoms. The second-order valence-corrected chi connectivity index (χ2v) is 6.82. The van der Waals surface area contributed by atoms with Gasteiger partial charge in [-0.1, -0.05) is 15.9 Å². The van der Waals surface area contributed by atoms with Crippen molar-refractivity contribution < 1.29 is 8.42 Å². The minimum atomic E-state index is -3.40. The molecule has 0 amide bonds. The van der Waals surface area contributed by atoms with Crippen LogP contribution in [0.2, 0.25) is 0 Å². The molecule has 1 unspecified atom stereocenters. The maximum absolute atomic E-state index is 12.2. The van der Waals surface area contributed by atoms with Gasteiger partial charge in [0.2, 0.25) is 10.0 Å². The van der Waals surface area contributed by atoms with Crippen LogP contribution in [0.25, 0.3) is 0 Å². The molecule has 1 aromatic carbocycles. The van der Waals surface area contributed by atoms with E-state index in [1.165, 1.54) is 0 Å².